The molecule has 2 aromatic rings. The van der Waals surface area contributed by atoms with E-state index >= 15 is 0 Å². The second-order valence-corrected chi connectivity index (χ2v) is 6.24. The Balaban J connectivity index is 1.88. The smallest absolute Gasteiger partial charge is 0.101 e. The number of benzene rings is 1. The van der Waals surface area contributed by atoms with Crippen LogP contribution in [0.5, 0.6) is 0 Å². The first-order chi connectivity index (χ1) is 9.29. The summed E-state index contributed by atoms with van der Waals surface area (Å²) in [6.45, 7) is 6.97. The molecule has 1 aliphatic rings. The van der Waals surface area contributed by atoms with Crippen LogP contribution in [0.4, 0.5) is 0 Å². The van der Waals surface area contributed by atoms with Gasteiger partial charge in [0.25, 0.3) is 0 Å². The van der Waals surface area contributed by atoms with Crippen molar-refractivity contribution < 1.29 is 4.74 Å². The number of hydrogen-bond acceptors (Lipinski definition) is 4. The molecule has 1 N–H and O–H groups in total. The molecule has 0 amide bonds. The van der Waals surface area contributed by atoms with Crippen LogP contribution in [0.3, 0.4) is 0 Å². The zero-order valence-electron chi connectivity index (χ0n) is 11.5. The molecule has 2 heterocycles. The summed E-state index contributed by atoms with van der Waals surface area (Å²) < 4.78 is 6.94. The van der Waals surface area contributed by atoms with E-state index in [1.54, 1.807) is 0 Å². The fraction of sp³-hybridized carbons (Fsp3) is 0.533. The van der Waals surface area contributed by atoms with Gasteiger partial charge in [-0.15, -0.1) is 11.3 Å². The van der Waals surface area contributed by atoms with Gasteiger partial charge >= 0.3 is 0 Å². The maximum atomic E-state index is 5.65. The van der Waals surface area contributed by atoms with Crippen LogP contribution in [0, 0.1) is 6.92 Å². The lowest BCUT2D eigenvalue weighted by molar-refractivity contribution is 0.187. The van der Waals surface area contributed by atoms with Gasteiger partial charge in [0.15, 0.2) is 0 Å². The molecule has 1 saturated heterocycles. The zero-order chi connectivity index (χ0) is 13.2. The maximum Gasteiger partial charge on any atom is 0.101 e. The van der Waals surface area contributed by atoms with Gasteiger partial charge in [0.05, 0.1) is 29.3 Å². The molecule has 1 aromatic heterocycles. The Kier molecular flexibility index (Phi) is 3.82. The SMILES string of the molecule is CCCNC1COCC1c1nc2c(C)cccc2s1. The van der Waals surface area contributed by atoms with E-state index in [-0.39, 0.29) is 0 Å². The minimum absolute atomic E-state index is 0.406. The monoisotopic (exact) mass is 276 g/mol. The average Bonchev–Trinajstić information content (AvgIpc) is 3.02. The lowest BCUT2D eigenvalue weighted by Crippen LogP contribution is -2.34. The van der Waals surface area contributed by atoms with Gasteiger partial charge in [0, 0.05) is 6.04 Å². The minimum atomic E-state index is 0.406. The second-order valence-electron chi connectivity index (χ2n) is 5.18. The molecule has 19 heavy (non-hydrogen) atoms. The number of para-hydroxylation sites is 1. The Hall–Kier alpha value is -0.970. The van der Waals surface area contributed by atoms with Crippen LogP contribution in [0.2, 0.25) is 0 Å². The van der Waals surface area contributed by atoms with E-state index in [4.69, 9.17) is 9.72 Å². The number of ether oxygens (including phenoxy) is 1. The first-order valence-corrected chi connectivity index (χ1v) is 7.78. The largest absolute Gasteiger partial charge is 0.379 e. The molecule has 3 nitrogen and oxygen atoms in total. The van der Waals surface area contributed by atoms with Crippen molar-refractivity contribution in [2.75, 3.05) is 19.8 Å². The van der Waals surface area contributed by atoms with Crippen LogP contribution >= 0.6 is 11.3 Å². The first kappa shape index (κ1) is 13.0. The molecule has 1 aromatic carbocycles. The number of nitrogens with zero attached hydrogens (tertiary/aromatic N) is 1. The lowest BCUT2D eigenvalue weighted by Gasteiger charge is -2.16. The molecule has 2 atom stereocenters. The first-order valence-electron chi connectivity index (χ1n) is 6.96. The molecular weight excluding hydrogens is 256 g/mol. The van der Waals surface area contributed by atoms with Crippen LogP contribution in [-0.2, 0) is 4.74 Å². The van der Waals surface area contributed by atoms with Crippen molar-refractivity contribution in [2.45, 2.75) is 32.2 Å². The predicted molar refractivity (Wildman–Crippen MR) is 80.0 cm³/mol. The number of nitrogens with one attached hydrogen (secondary N) is 1. The highest BCUT2D eigenvalue weighted by Crippen LogP contribution is 2.33. The summed E-state index contributed by atoms with van der Waals surface area (Å²) in [5.74, 6) is 0.406. The van der Waals surface area contributed by atoms with Gasteiger partial charge in [-0.1, -0.05) is 19.1 Å². The Morgan fingerprint density at radius 2 is 2.32 bits per heavy atom. The van der Waals surface area contributed by atoms with Gasteiger partial charge < -0.3 is 10.1 Å². The van der Waals surface area contributed by atoms with Crippen molar-refractivity contribution in [1.29, 1.82) is 0 Å². The lowest BCUT2D eigenvalue weighted by atomic mass is 10.0. The maximum absolute atomic E-state index is 5.65. The Labute approximate surface area is 118 Å². The molecule has 4 heteroatoms. The van der Waals surface area contributed by atoms with Gasteiger partial charge in [-0.25, -0.2) is 4.98 Å². The number of thiazole rings is 1. The van der Waals surface area contributed by atoms with E-state index in [2.05, 4.69) is 37.4 Å². The van der Waals surface area contributed by atoms with Crippen LogP contribution in [0.15, 0.2) is 18.2 Å². The van der Waals surface area contributed by atoms with Gasteiger partial charge in [-0.3, -0.25) is 0 Å². The number of aromatic nitrogens is 1. The van der Waals surface area contributed by atoms with Crippen LogP contribution < -0.4 is 5.32 Å². The van der Waals surface area contributed by atoms with Crippen molar-refractivity contribution in [3.05, 3.63) is 28.8 Å². The van der Waals surface area contributed by atoms with E-state index in [1.807, 2.05) is 11.3 Å². The molecule has 1 fully saturated rings. The average molecular weight is 276 g/mol. The summed E-state index contributed by atoms with van der Waals surface area (Å²) in [4.78, 5) is 4.85. The molecular formula is C15H20N2OS. The highest BCUT2D eigenvalue weighted by atomic mass is 32.1. The number of fused-ring (bicyclic) bond motifs is 1. The molecule has 102 valence electrons. The Bertz CT molecular complexity index is 566. The molecule has 0 aliphatic carbocycles. The van der Waals surface area contributed by atoms with Crippen molar-refractivity contribution in [3.63, 3.8) is 0 Å². The Morgan fingerprint density at radius 1 is 1.42 bits per heavy atom. The predicted octanol–water partition coefficient (Wildman–Crippen LogP) is 3.09. The Morgan fingerprint density at radius 3 is 3.11 bits per heavy atom. The molecule has 2 unspecified atom stereocenters. The van der Waals surface area contributed by atoms with E-state index in [0.717, 1.165) is 31.7 Å². The van der Waals surface area contributed by atoms with Gasteiger partial charge in [-0.05, 0) is 31.5 Å². The van der Waals surface area contributed by atoms with E-state index < -0.39 is 0 Å². The van der Waals surface area contributed by atoms with Crippen LogP contribution in [0.25, 0.3) is 10.2 Å². The van der Waals surface area contributed by atoms with Crippen LogP contribution in [0.1, 0.15) is 29.8 Å². The third kappa shape index (κ3) is 2.53. The molecule has 0 spiro atoms. The fourth-order valence-electron chi connectivity index (χ4n) is 2.59. The standard InChI is InChI=1S/C15H20N2OS/c1-3-7-16-12-9-18-8-11(12)15-17-14-10(2)5-4-6-13(14)19-15/h4-6,11-12,16H,3,7-9H2,1-2H3. The molecule has 1 aliphatic heterocycles. The number of hydrogen-bond donors (Lipinski definition) is 1. The third-order valence-electron chi connectivity index (χ3n) is 3.69. The van der Waals surface area contributed by atoms with E-state index in [0.29, 0.717) is 12.0 Å². The van der Waals surface area contributed by atoms with Crippen molar-refractivity contribution in [3.8, 4) is 0 Å². The molecule has 0 bridgehead atoms. The molecule has 3 rings (SSSR count). The summed E-state index contributed by atoms with van der Waals surface area (Å²) in [6.07, 6.45) is 1.15. The normalized spacial score (nSPS) is 23.3. The zero-order valence-corrected chi connectivity index (χ0v) is 12.3. The molecule has 0 radical (unpaired) electrons. The van der Waals surface area contributed by atoms with Gasteiger partial charge in [0.2, 0.25) is 0 Å². The van der Waals surface area contributed by atoms with E-state index in [9.17, 15) is 0 Å². The second kappa shape index (κ2) is 5.57. The van der Waals surface area contributed by atoms with Crippen molar-refractivity contribution >= 4 is 21.6 Å². The van der Waals surface area contributed by atoms with E-state index in [1.165, 1.54) is 15.3 Å². The van der Waals surface area contributed by atoms with Gasteiger partial charge in [-0.2, -0.15) is 0 Å². The summed E-state index contributed by atoms with van der Waals surface area (Å²) in [5, 5.41) is 4.80. The quantitative estimate of drug-likeness (QED) is 0.932. The van der Waals surface area contributed by atoms with Gasteiger partial charge in [0.1, 0.15) is 5.01 Å². The summed E-state index contributed by atoms with van der Waals surface area (Å²) in [6, 6.07) is 6.82. The van der Waals surface area contributed by atoms with Crippen molar-refractivity contribution in [2.24, 2.45) is 0 Å². The number of rotatable bonds is 4. The van der Waals surface area contributed by atoms with Crippen molar-refractivity contribution in [1.82, 2.24) is 10.3 Å². The summed E-state index contributed by atoms with van der Waals surface area (Å²) >= 11 is 1.81. The molecule has 0 saturated carbocycles. The highest BCUT2D eigenvalue weighted by Gasteiger charge is 2.31. The minimum Gasteiger partial charge on any atom is -0.379 e. The topological polar surface area (TPSA) is 34.1 Å². The summed E-state index contributed by atoms with van der Waals surface area (Å²) in [5.41, 5.74) is 2.42. The number of aryl methyl sites for hydroxylation is 1. The summed E-state index contributed by atoms with van der Waals surface area (Å²) in [7, 11) is 0. The third-order valence-corrected chi connectivity index (χ3v) is 4.84. The fourth-order valence-corrected chi connectivity index (χ4v) is 3.79. The highest BCUT2D eigenvalue weighted by molar-refractivity contribution is 7.18. The van der Waals surface area contributed by atoms with Crippen LogP contribution in [-0.4, -0.2) is 30.8 Å².